The van der Waals surface area contributed by atoms with E-state index in [0.717, 1.165) is 36.9 Å². The Kier molecular flexibility index (Phi) is 10.2. The molecule has 1 saturated carbocycles. The van der Waals surface area contributed by atoms with Crippen molar-refractivity contribution in [3.8, 4) is 6.01 Å². The first-order valence-corrected chi connectivity index (χ1v) is 14.4. The third kappa shape index (κ3) is 10.7. The van der Waals surface area contributed by atoms with E-state index in [1.165, 1.54) is 24.3 Å². The fraction of sp³-hybridized carbons (Fsp3) is 0.433. The first-order chi connectivity index (χ1) is 21.2. The number of halogens is 3. The smallest absolute Gasteiger partial charge is 0.422 e. The lowest BCUT2D eigenvalue weighted by molar-refractivity contribution is -0.154. The number of hydrogen-bond donors (Lipinski definition) is 5. The lowest BCUT2D eigenvalue weighted by Gasteiger charge is -2.20. The summed E-state index contributed by atoms with van der Waals surface area (Å²) in [7, 11) is 0. The Morgan fingerprint density at radius 2 is 1.62 bits per heavy atom. The van der Waals surface area contributed by atoms with Gasteiger partial charge in [0.1, 0.15) is 5.60 Å². The zero-order valence-corrected chi connectivity index (χ0v) is 25.1. The summed E-state index contributed by atoms with van der Waals surface area (Å²) in [6.45, 7) is 5.01. The monoisotopic (exact) mass is 631 g/mol. The van der Waals surface area contributed by atoms with E-state index < -0.39 is 42.0 Å². The number of alkyl halides is 3. The number of rotatable bonds is 14. The number of hydrogen-bond acceptors (Lipinski definition) is 10. The van der Waals surface area contributed by atoms with Crippen LogP contribution in [0.15, 0.2) is 48.5 Å². The van der Waals surface area contributed by atoms with Gasteiger partial charge in [0.05, 0.1) is 11.1 Å². The number of carboxylic acids is 1. The van der Waals surface area contributed by atoms with Crippen LogP contribution in [0.3, 0.4) is 0 Å². The fourth-order valence-electron chi connectivity index (χ4n) is 4.24. The average molecular weight is 632 g/mol. The molecule has 3 aromatic rings. The van der Waals surface area contributed by atoms with Gasteiger partial charge in [0.25, 0.3) is 0 Å². The molecule has 1 aliphatic carbocycles. The van der Waals surface area contributed by atoms with Crippen molar-refractivity contribution < 1.29 is 37.3 Å². The van der Waals surface area contributed by atoms with Gasteiger partial charge in [-0.1, -0.05) is 12.1 Å². The normalized spacial score (nSPS) is 13.8. The second kappa shape index (κ2) is 13.9. The maximum atomic E-state index is 12.9. The molecule has 1 aromatic heterocycles. The van der Waals surface area contributed by atoms with Crippen LogP contribution < -0.4 is 26.0 Å². The summed E-state index contributed by atoms with van der Waals surface area (Å²) >= 11 is 0. The van der Waals surface area contributed by atoms with Crippen molar-refractivity contribution in [1.29, 1.82) is 0 Å². The van der Waals surface area contributed by atoms with Gasteiger partial charge >= 0.3 is 24.2 Å². The molecule has 5 N–H and O–H groups in total. The van der Waals surface area contributed by atoms with Gasteiger partial charge < -0.3 is 35.8 Å². The van der Waals surface area contributed by atoms with Gasteiger partial charge in [-0.05, 0) is 88.4 Å². The van der Waals surface area contributed by atoms with Crippen molar-refractivity contribution in [2.75, 3.05) is 35.6 Å². The molecule has 0 bridgehead atoms. The second-order valence-corrected chi connectivity index (χ2v) is 11.5. The summed E-state index contributed by atoms with van der Waals surface area (Å²) in [5, 5.41) is 21.3. The van der Waals surface area contributed by atoms with Gasteiger partial charge in [0.15, 0.2) is 6.61 Å². The molecule has 0 unspecified atom stereocenters. The molecule has 242 valence electrons. The summed E-state index contributed by atoms with van der Waals surface area (Å²) < 4.78 is 48.6. The molecule has 0 atom stereocenters. The molecule has 1 amide bonds. The molecule has 2 aromatic carbocycles. The van der Waals surface area contributed by atoms with Crippen molar-refractivity contribution in [3.63, 3.8) is 0 Å². The van der Waals surface area contributed by atoms with Gasteiger partial charge in [-0.3, -0.25) is 0 Å². The number of carboxylic acid groups (broad SMARTS) is 1. The van der Waals surface area contributed by atoms with Crippen LogP contribution in [-0.4, -0.2) is 63.6 Å². The lowest BCUT2D eigenvalue weighted by atomic mass is 10.0. The zero-order valence-electron chi connectivity index (χ0n) is 25.1. The molecule has 12 nitrogen and oxygen atoms in total. The number of carbonyl (C=O) groups is 2. The molecule has 0 radical (unpaired) electrons. The van der Waals surface area contributed by atoms with Crippen LogP contribution in [0, 0.1) is 0 Å². The number of amides is 1. The van der Waals surface area contributed by atoms with Gasteiger partial charge in [-0.25, -0.2) is 9.59 Å². The van der Waals surface area contributed by atoms with Crippen LogP contribution in [0.25, 0.3) is 0 Å². The molecule has 1 aliphatic rings. The minimum atomic E-state index is -4.60. The van der Waals surface area contributed by atoms with Crippen LogP contribution in [0.1, 0.15) is 62.4 Å². The highest BCUT2D eigenvalue weighted by atomic mass is 19.4. The van der Waals surface area contributed by atoms with Gasteiger partial charge in [0, 0.05) is 24.5 Å². The third-order valence-corrected chi connectivity index (χ3v) is 6.48. The molecule has 4 rings (SSSR count). The summed E-state index contributed by atoms with van der Waals surface area (Å²) in [5.74, 6) is -1.17. The molecule has 0 aliphatic heterocycles. The van der Waals surface area contributed by atoms with E-state index in [2.05, 4.69) is 36.2 Å². The number of unbranched alkanes of at least 4 members (excludes halogenated alkanes) is 1. The van der Waals surface area contributed by atoms with Gasteiger partial charge in [-0.15, -0.1) is 0 Å². The topological polar surface area (TPSA) is 160 Å². The molecule has 0 saturated heterocycles. The number of aromatic carboxylic acids is 1. The minimum absolute atomic E-state index is 0.0141. The first-order valence-electron chi connectivity index (χ1n) is 14.4. The number of alkyl carbamates (subject to hydrolysis) is 1. The maximum absolute atomic E-state index is 12.9. The van der Waals surface area contributed by atoms with E-state index in [1.807, 2.05) is 45.0 Å². The van der Waals surface area contributed by atoms with E-state index >= 15 is 0 Å². The summed E-state index contributed by atoms with van der Waals surface area (Å²) in [4.78, 5) is 35.3. The molecular formula is C30H36F3N7O5. The van der Waals surface area contributed by atoms with Crippen LogP contribution in [0.2, 0.25) is 0 Å². The van der Waals surface area contributed by atoms with E-state index in [9.17, 15) is 22.8 Å². The number of anilines is 4. The van der Waals surface area contributed by atoms with Crippen molar-refractivity contribution in [1.82, 2.24) is 20.3 Å². The van der Waals surface area contributed by atoms with E-state index in [1.54, 1.807) is 0 Å². The number of aromatic nitrogens is 3. The number of nitrogens with one attached hydrogen (secondary N) is 4. The van der Waals surface area contributed by atoms with Crippen molar-refractivity contribution in [2.24, 2.45) is 0 Å². The highest BCUT2D eigenvalue weighted by molar-refractivity contribution is 5.88. The van der Waals surface area contributed by atoms with Crippen molar-refractivity contribution in [3.05, 3.63) is 59.7 Å². The van der Waals surface area contributed by atoms with Crippen molar-refractivity contribution in [2.45, 2.75) is 63.8 Å². The predicted octanol–water partition coefficient (Wildman–Crippen LogP) is 6.07. The number of ether oxygens (including phenoxy) is 2. The lowest BCUT2D eigenvalue weighted by Crippen LogP contribution is -2.33. The van der Waals surface area contributed by atoms with E-state index in [4.69, 9.17) is 14.6 Å². The Bertz CT molecular complexity index is 1480. The summed E-state index contributed by atoms with van der Waals surface area (Å²) in [5.41, 5.74) is 1.22. The number of carbonyl (C=O) groups excluding carboxylic acids is 1. The molecule has 0 spiro atoms. The first kappa shape index (κ1) is 33.1. The van der Waals surface area contributed by atoms with E-state index in [-0.39, 0.29) is 17.5 Å². The third-order valence-electron chi connectivity index (χ3n) is 6.48. The second-order valence-electron chi connectivity index (χ2n) is 11.5. The van der Waals surface area contributed by atoms with Crippen molar-refractivity contribution >= 4 is 35.3 Å². The predicted molar refractivity (Wildman–Crippen MR) is 161 cm³/mol. The Balaban J connectivity index is 1.40. The molecule has 1 fully saturated rings. The van der Waals surface area contributed by atoms with E-state index in [0.29, 0.717) is 18.8 Å². The highest BCUT2D eigenvalue weighted by Gasteiger charge is 2.45. The molecule has 1 heterocycles. The Hall–Kier alpha value is -4.82. The number of nitrogens with zero attached hydrogens (tertiary/aromatic N) is 3. The van der Waals surface area contributed by atoms with Crippen LogP contribution >= 0.6 is 0 Å². The highest BCUT2D eigenvalue weighted by Crippen LogP contribution is 2.48. The summed E-state index contributed by atoms with van der Waals surface area (Å²) in [6, 6.07) is 12.9. The standard InChI is InChI=1S/C30H36F3N7O5/c1-28(2,3)45-27(43)35-16-5-4-15-34-22-8-6-7-20(17-22)29(13-14-29)40-25-37-24(38-26(39-25)44-18-30(31,32)33)36-21-11-9-19(10-12-21)23(41)42/h6-12,17,34H,4-5,13-16,18H2,1-3H3,(H,35,43)(H,41,42)(H2,36,37,38,39,40). The number of benzene rings is 2. The molecular weight excluding hydrogens is 595 g/mol. The summed E-state index contributed by atoms with van der Waals surface area (Å²) in [6.07, 6.45) is -2.01. The average Bonchev–Trinajstić information content (AvgIpc) is 3.73. The SMILES string of the molecule is CC(C)(C)OC(=O)NCCCCNc1cccc(C2(Nc3nc(Nc4ccc(C(=O)O)cc4)nc(OCC(F)(F)F)n3)CC2)c1. The fourth-order valence-corrected chi connectivity index (χ4v) is 4.24. The Morgan fingerprint density at radius 1 is 0.933 bits per heavy atom. The maximum Gasteiger partial charge on any atom is 0.422 e. The Labute approximate surface area is 258 Å². The molecule has 15 heteroatoms. The largest absolute Gasteiger partial charge is 0.478 e. The zero-order chi connectivity index (χ0) is 32.7. The quantitative estimate of drug-likeness (QED) is 0.131. The van der Waals surface area contributed by atoms with Gasteiger partial charge in [-0.2, -0.15) is 28.1 Å². The Morgan fingerprint density at radius 3 is 2.27 bits per heavy atom. The molecule has 45 heavy (non-hydrogen) atoms. The minimum Gasteiger partial charge on any atom is -0.478 e. The van der Waals surface area contributed by atoms with Crippen LogP contribution in [-0.2, 0) is 10.3 Å². The van der Waals surface area contributed by atoms with Crippen LogP contribution in [0.5, 0.6) is 6.01 Å². The van der Waals surface area contributed by atoms with Crippen LogP contribution in [0.4, 0.5) is 41.2 Å². The van der Waals surface area contributed by atoms with Gasteiger partial charge in [0.2, 0.25) is 11.9 Å².